The van der Waals surface area contributed by atoms with E-state index in [2.05, 4.69) is 25.1 Å². The third-order valence-corrected chi connectivity index (χ3v) is 2.42. The van der Waals surface area contributed by atoms with E-state index in [1.807, 2.05) is 18.2 Å². The Morgan fingerprint density at radius 3 is 2.63 bits per heavy atom. The Morgan fingerprint density at radius 2 is 2.05 bits per heavy atom. The van der Waals surface area contributed by atoms with Gasteiger partial charge < -0.3 is 14.8 Å². The molecule has 0 amide bonds. The Labute approximate surface area is 122 Å². The summed E-state index contributed by atoms with van der Waals surface area (Å²) >= 11 is 0. The molecule has 1 aromatic rings. The number of ether oxygens (including phenoxy) is 2. The van der Waals surface area contributed by atoms with Gasteiger partial charge in [-0.05, 0) is 30.2 Å². The lowest BCUT2D eigenvalue weighted by molar-refractivity contribution is 0.330. The van der Waals surface area contributed by atoms with Gasteiger partial charge in [0.05, 0.1) is 7.11 Å². The normalized spacial score (nSPS) is 9.63. The number of benzene rings is 1. The molecule has 1 aromatic carbocycles. The second-order valence-corrected chi connectivity index (χ2v) is 4.50. The average Bonchev–Trinajstić information content (AvgIpc) is 2.36. The van der Waals surface area contributed by atoms with Gasteiger partial charge >= 0.3 is 0 Å². The average molecular weight is 284 g/mol. The molecular weight excluding hydrogens is 262 g/mol. The highest BCUT2D eigenvalue weighted by molar-refractivity contribution is 5.85. The number of nitrogens with one attached hydrogen (secondary N) is 1. The number of methoxy groups -OCH3 is 1. The minimum absolute atomic E-state index is 0. The molecule has 19 heavy (non-hydrogen) atoms. The van der Waals surface area contributed by atoms with E-state index < -0.39 is 0 Å². The van der Waals surface area contributed by atoms with Crippen LogP contribution < -0.4 is 14.8 Å². The molecule has 0 aromatic heterocycles. The Bertz CT molecular complexity index is 413. The summed E-state index contributed by atoms with van der Waals surface area (Å²) in [4.78, 5) is 0. The minimum atomic E-state index is 0. The van der Waals surface area contributed by atoms with Crippen LogP contribution in [0.3, 0.4) is 0 Å². The molecule has 0 radical (unpaired) electrons. The molecule has 0 heterocycles. The first-order valence-corrected chi connectivity index (χ1v) is 6.11. The summed E-state index contributed by atoms with van der Waals surface area (Å²) in [5.74, 6) is 4.48. The van der Waals surface area contributed by atoms with Gasteiger partial charge in [0.15, 0.2) is 11.5 Å². The number of halogens is 1. The van der Waals surface area contributed by atoms with E-state index in [-0.39, 0.29) is 19.0 Å². The van der Waals surface area contributed by atoms with Crippen LogP contribution in [-0.2, 0) is 6.54 Å². The fourth-order valence-electron chi connectivity index (χ4n) is 1.57. The second-order valence-electron chi connectivity index (χ2n) is 4.50. The van der Waals surface area contributed by atoms with Gasteiger partial charge in [-0.25, -0.2) is 0 Å². The summed E-state index contributed by atoms with van der Waals surface area (Å²) in [6, 6.07) is 5.88. The maximum Gasteiger partial charge on any atom is 0.162 e. The molecular formula is C15H22ClNO2. The van der Waals surface area contributed by atoms with Crippen LogP contribution in [0.15, 0.2) is 18.2 Å². The number of rotatable bonds is 7. The molecule has 1 N–H and O–H groups in total. The fourth-order valence-corrected chi connectivity index (χ4v) is 1.57. The highest BCUT2D eigenvalue weighted by Crippen LogP contribution is 2.27. The van der Waals surface area contributed by atoms with E-state index in [9.17, 15) is 0 Å². The Morgan fingerprint density at radius 1 is 1.32 bits per heavy atom. The van der Waals surface area contributed by atoms with Crippen molar-refractivity contribution in [1.29, 1.82) is 0 Å². The lowest BCUT2D eigenvalue weighted by Crippen LogP contribution is -2.18. The molecule has 0 saturated heterocycles. The molecule has 0 aliphatic rings. The lowest BCUT2D eigenvalue weighted by atomic mass is 10.2. The number of terminal acetylenes is 1. The topological polar surface area (TPSA) is 30.5 Å². The Hall–Kier alpha value is -1.37. The maximum absolute atomic E-state index is 5.39. The number of hydrogen-bond acceptors (Lipinski definition) is 3. The summed E-state index contributed by atoms with van der Waals surface area (Å²) in [5, 5.41) is 3.39. The molecule has 3 nitrogen and oxygen atoms in total. The van der Waals surface area contributed by atoms with Gasteiger partial charge in [0.2, 0.25) is 0 Å². The summed E-state index contributed by atoms with van der Waals surface area (Å²) in [7, 11) is 1.63. The highest BCUT2D eigenvalue weighted by Gasteiger charge is 2.05. The van der Waals surface area contributed by atoms with Crippen LogP contribution in [0.5, 0.6) is 11.5 Å². The lowest BCUT2D eigenvalue weighted by Gasteiger charge is -2.12. The molecule has 0 spiro atoms. The molecule has 0 aliphatic carbocycles. The molecule has 0 aliphatic heterocycles. The largest absolute Gasteiger partial charge is 0.493 e. The van der Waals surface area contributed by atoms with Gasteiger partial charge in [-0.2, -0.15) is 0 Å². The second kappa shape index (κ2) is 9.55. The molecule has 0 unspecified atom stereocenters. The van der Waals surface area contributed by atoms with E-state index in [0.717, 1.165) is 13.1 Å². The third kappa shape index (κ3) is 6.37. The van der Waals surface area contributed by atoms with Crippen molar-refractivity contribution in [2.24, 2.45) is 5.92 Å². The highest BCUT2D eigenvalue weighted by atomic mass is 35.5. The Balaban J connectivity index is 0.00000324. The summed E-state index contributed by atoms with van der Waals surface area (Å²) in [6.45, 7) is 6.44. The predicted molar refractivity (Wildman–Crippen MR) is 81.1 cm³/mol. The van der Waals surface area contributed by atoms with E-state index in [0.29, 0.717) is 17.4 Å². The van der Waals surface area contributed by atoms with Crippen LogP contribution in [0.4, 0.5) is 0 Å². The number of hydrogen-bond donors (Lipinski definition) is 1. The summed E-state index contributed by atoms with van der Waals surface area (Å²) in [5.41, 5.74) is 1.17. The van der Waals surface area contributed by atoms with E-state index >= 15 is 0 Å². The van der Waals surface area contributed by atoms with Crippen molar-refractivity contribution >= 4 is 12.4 Å². The van der Waals surface area contributed by atoms with Crippen molar-refractivity contribution in [2.45, 2.75) is 20.4 Å². The van der Waals surface area contributed by atoms with Crippen molar-refractivity contribution in [3.05, 3.63) is 23.8 Å². The fraction of sp³-hybridized carbons (Fsp3) is 0.467. The molecule has 0 atom stereocenters. The van der Waals surface area contributed by atoms with Crippen LogP contribution in [0.1, 0.15) is 19.4 Å². The maximum atomic E-state index is 5.39. The zero-order chi connectivity index (χ0) is 13.4. The smallest absolute Gasteiger partial charge is 0.162 e. The molecule has 0 saturated carbocycles. The van der Waals surface area contributed by atoms with Gasteiger partial charge in [-0.1, -0.05) is 25.8 Å². The van der Waals surface area contributed by atoms with E-state index in [1.54, 1.807) is 7.11 Å². The third-order valence-electron chi connectivity index (χ3n) is 2.42. The van der Waals surface area contributed by atoms with E-state index in [4.69, 9.17) is 15.9 Å². The summed E-state index contributed by atoms with van der Waals surface area (Å²) in [6.07, 6.45) is 5.17. The van der Waals surface area contributed by atoms with Crippen molar-refractivity contribution in [3.8, 4) is 23.8 Å². The van der Waals surface area contributed by atoms with E-state index in [1.165, 1.54) is 5.56 Å². The SMILES string of the molecule is C#CCOc1ccc(CNCC(C)C)cc1OC.Cl. The first-order chi connectivity index (χ1) is 8.67. The van der Waals surface area contributed by atoms with Gasteiger partial charge in [0.25, 0.3) is 0 Å². The van der Waals surface area contributed by atoms with Gasteiger partial charge in [-0.3, -0.25) is 0 Å². The minimum Gasteiger partial charge on any atom is -0.493 e. The molecule has 1 rings (SSSR count). The van der Waals surface area contributed by atoms with Crippen molar-refractivity contribution in [1.82, 2.24) is 5.32 Å². The molecule has 106 valence electrons. The zero-order valence-corrected chi connectivity index (χ0v) is 12.5. The first kappa shape index (κ1) is 17.6. The van der Waals surface area contributed by atoms with Gasteiger partial charge in [0.1, 0.15) is 6.61 Å². The molecule has 0 bridgehead atoms. The van der Waals surface area contributed by atoms with Crippen molar-refractivity contribution in [3.63, 3.8) is 0 Å². The zero-order valence-electron chi connectivity index (χ0n) is 11.7. The monoisotopic (exact) mass is 283 g/mol. The van der Waals surface area contributed by atoms with Crippen LogP contribution in [-0.4, -0.2) is 20.3 Å². The van der Waals surface area contributed by atoms with Crippen LogP contribution in [0.2, 0.25) is 0 Å². The van der Waals surface area contributed by atoms with Crippen LogP contribution in [0.25, 0.3) is 0 Å². The van der Waals surface area contributed by atoms with Gasteiger partial charge in [0, 0.05) is 6.54 Å². The van der Waals surface area contributed by atoms with Crippen molar-refractivity contribution < 1.29 is 9.47 Å². The molecule has 4 heteroatoms. The van der Waals surface area contributed by atoms with Crippen molar-refractivity contribution in [2.75, 3.05) is 20.3 Å². The Kier molecular flexibility index (Phi) is 8.86. The quantitative estimate of drug-likeness (QED) is 0.781. The predicted octanol–water partition coefficient (Wildman–Crippen LogP) is 2.87. The molecule has 0 fully saturated rings. The standard InChI is InChI=1S/C15H21NO2.ClH/c1-5-8-18-14-7-6-13(9-15(14)17-4)11-16-10-12(2)3;/h1,6-7,9,12,16H,8,10-11H2,2-4H3;1H. The van der Waals surface area contributed by atoms with Crippen LogP contribution >= 0.6 is 12.4 Å². The van der Waals surface area contributed by atoms with Gasteiger partial charge in [-0.15, -0.1) is 18.8 Å². The van der Waals surface area contributed by atoms with Crippen LogP contribution in [0, 0.1) is 18.3 Å². The summed E-state index contributed by atoms with van der Waals surface area (Å²) < 4.78 is 10.7. The first-order valence-electron chi connectivity index (χ1n) is 6.11.